The molecule has 0 bridgehead atoms. The van der Waals surface area contributed by atoms with Gasteiger partial charge in [-0.1, -0.05) is 18.2 Å². The summed E-state index contributed by atoms with van der Waals surface area (Å²) in [5.74, 6) is 0.958. The molecule has 1 amide bonds. The van der Waals surface area contributed by atoms with Crippen LogP contribution in [0.4, 0.5) is 0 Å². The van der Waals surface area contributed by atoms with Crippen molar-refractivity contribution in [1.82, 2.24) is 4.90 Å². The van der Waals surface area contributed by atoms with E-state index in [4.69, 9.17) is 10.5 Å². The van der Waals surface area contributed by atoms with Crippen molar-refractivity contribution in [2.45, 2.75) is 44.7 Å². The average Bonchev–Trinajstić information content (AvgIpc) is 2.39. The fourth-order valence-electron chi connectivity index (χ4n) is 2.52. The van der Waals surface area contributed by atoms with Crippen molar-refractivity contribution in [3.05, 3.63) is 29.8 Å². The van der Waals surface area contributed by atoms with Gasteiger partial charge in [0.05, 0.1) is 6.61 Å². The second kappa shape index (κ2) is 6.27. The molecule has 4 heteroatoms. The number of hydrogen-bond acceptors (Lipinski definition) is 3. The summed E-state index contributed by atoms with van der Waals surface area (Å²) in [6, 6.07) is 7.84. The Morgan fingerprint density at radius 1 is 1.40 bits per heavy atom. The van der Waals surface area contributed by atoms with E-state index in [0.717, 1.165) is 30.6 Å². The third kappa shape index (κ3) is 3.51. The van der Waals surface area contributed by atoms with E-state index in [0.29, 0.717) is 19.6 Å². The second-order valence-electron chi connectivity index (χ2n) is 5.68. The molecule has 4 nitrogen and oxygen atoms in total. The third-order valence-electron chi connectivity index (χ3n) is 3.96. The number of benzene rings is 1. The summed E-state index contributed by atoms with van der Waals surface area (Å²) in [6.07, 6.45) is 3.51. The number of carbonyl (C=O) groups excluding carboxylic acids is 1. The molecular weight excluding hydrogens is 252 g/mol. The van der Waals surface area contributed by atoms with Gasteiger partial charge >= 0.3 is 0 Å². The lowest BCUT2D eigenvalue weighted by atomic mass is 9.75. The number of para-hydroxylation sites is 1. The highest BCUT2D eigenvalue weighted by Gasteiger charge is 2.35. The van der Waals surface area contributed by atoms with Crippen molar-refractivity contribution in [2.75, 3.05) is 13.7 Å². The highest BCUT2D eigenvalue weighted by atomic mass is 16.5. The van der Waals surface area contributed by atoms with Crippen molar-refractivity contribution < 1.29 is 9.53 Å². The number of nitrogens with zero attached hydrogens (tertiary/aromatic N) is 1. The van der Waals surface area contributed by atoms with Crippen LogP contribution in [0.5, 0.6) is 5.75 Å². The van der Waals surface area contributed by atoms with Crippen LogP contribution in [0, 0.1) is 0 Å². The van der Waals surface area contributed by atoms with Crippen LogP contribution in [-0.4, -0.2) is 30.0 Å². The molecule has 1 fully saturated rings. The third-order valence-corrected chi connectivity index (χ3v) is 3.96. The standard InChI is InChI=1S/C16H24N2O2/c1-3-20-14-8-5-4-7-13(14)12-18(2)15(19)11-16(17)9-6-10-16/h4-5,7-8H,3,6,9-12,17H2,1-2H3. The first-order valence-corrected chi connectivity index (χ1v) is 7.27. The van der Waals surface area contributed by atoms with Gasteiger partial charge in [0.2, 0.25) is 5.91 Å². The lowest BCUT2D eigenvalue weighted by Gasteiger charge is -2.38. The van der Waals surface area contributed by atoms with E-state index in [9.17, 15) is 4.79 Å². The van der Waals surface area contributed by atoms with E-state index < -0.39 is 0 Å². The molecule has 1 aromatic carbocycles. The number of hydrogen-bond donors (Lipinski definition) is 1. The van der Waals surface area contributed by atoms with Crippen LogP contribution in [0.3, 0.4) is 0 Å². The van der Waals surface area contributed by atoms with Crippen LogP contribution >= 0.6 is 0 Å². The predicted octanol–water partition coefficient (Wildman–Crippen LogP) is 2.32. The molecule has 110 valence electrons. The van der Waals surface area contributed by atoms with Crippen LogP contribution in [0.2, 0.25) is 0 Å². The number of carbonyl (C=O) groups is 1. The van der Waals surface area contributed by atoms with Crippen LogP contribution in [0.25, 0.3) is 0 Å². The highest BCUT2D eigenvalue weighted by molar-refractivity contribution is 5.77. The van der Waals surface area contributed by atoms with E-state index in [-0.39, 0.29) is 11.4 Å². The molecule has 2 rings (SSSR count). The molecule has 0 aliphatic heterocycles. The zero-order valence-corrected chi connectivity index (χ0v) is 12.4. The summed E-state index contributed by atoms with van der Waals surface area (Å²) in [4.78, 5) is 14.0. The minimum atomic E-state index is -0.259. The SMILES string of the molecule is CCOc1ccccc1CN(C)C(=O)CC1(N)CCC1. The smallest absolute Gasteiger partial charge is 0.224 e. The topological polar surface area (TPSA) is 55.6 Å². The first kappa shape index (κ1) is 14.9. The van der Waals surface area contributed by atoms with Gasteiger partial charge in [-0.3, -0.25) is 4.79 Å². The van der Waals surface area contributed by atoms with E-state index in [1.165, 1.54) is 0 Å². The molecule has 0 atom stereocenters. The minimum Gasteiger partial charge on any atom is -0.494 e. The molecular formula is C16H24N2O2. The Kier molecular flexibility index (Phi) is 4.65. The molecule has 1 aromatic rings. The van der Waals surface area contributed by atoms with E-state index in [2.05, 4.69) is 0 Å². The molecule has 0 aromatic heterocycles. The van der Waals surface area contributed by atoms with Crippen molar-refractivity contribution in [1.29, 1.82) is 0 Å². The molecule has 1 aliphatic rings. The summed E-state index contributed by atoms with van der Waals surface area (Å²) in [7, 11) is 1.83. The quantitative estimate of drug-likeness (QED) is 0.867. The van der Waals surface area contributed by atoms with Crippen LogP contribution in [-0.2, 0) is 11.3 Å². The maximum Gasteiger partial charge on any atom is 0.224 e. The zero-order valence-electron chi connectivity index (χ0n) is 12.4. The second-order valence-corrected chi connectivity index (χ2v) is 5.68. The van der Waals surface area contributed by atoms with E-state index >= 15 is 0 Å². The van der Waals surface area contributed by atoms with Crippen LogP contribution in [0.1, 0.15) is 38.2 Å². The van der Waals surface area contributed by atoms with Gasteiger partial charge in [0.25, 0.3) is 0 Å². The Hall–Kier alpha value is -1.55. The fraction of sp³-hybridized carbons (Fsp3) is 0.562. The monoisotopic (exact) mass is 276 g/mol. The highest BCUT2D eigenvalue weighted by Crippen LogP contribution is 2.32. The lowest BCUT2D eigenvalue weighted by Crippen LogP contribution is -2.50. The zero-order chi connectivity index (χ0) is 14.6. The molecule has 1 aliphatic carbocycles. The predicted molar refractivity (Wildman–Crippen MR) is 79.5 cm³/mol. The average molecular weight is 276 g/mol. The van der Waals surface area contributed by atoms with Gasteiger partial charge in [-0.15, -0.1) is 0 Å². The lowest BCUT2D eigenvalue weighted by molar-refractivity contribution is -0.132. The first-order valence-electron chi connectivity index (χ1n) is 7.27. The van der Waals surface area contributed by atoms with E-state index in [1.54, 1.807) is 4.90 Å². The largest absolute Gasteiger partial charge is 0.494 e. The summed E-state index contributed by atoms with van der Waals surface area (Å²) in [5.41, 5.74) is 6.91. The Morgan fingerprint density at radius 3 is 2.70 bits per heavy atom. The molecule has 0 saturated heterocycles. The molecule has 20 heavy (non-hydrogen) atoms. The maximum atomic E-state index is 12.2. The van der Waals surface area contributed by atoms with Gasteiger partial charge in [-0.2, -0.15) is 0 Å². The first-order chi connectivity index (χ1) is 9.54. The van der Waals surface area contributed by atoms with Crippen molar-refractivity contribution in [2.24, 2.45) is 5.73 Å². The van der Waals surface area contributed by atoms with Crippen LogP contribution in [0.15, 0.2) is 24.3 Å². The van der Waals surface area contributed by atoms with Gasteiger partial charge in [-0.05, 0) is 32.3 Å². The van der Waals surface area contributed by atoms with Gasteiger partial charge in [0.15, 0.2) is 0 Å². The molecule has 0 radical (unpaired) electrons. The van der Waals surface area contributed by atoms with Crippen molar-refractivity contribution in [3.63, 3.8) is 0 Å². The van der Waals surface area contributed by atoms with Crippen molar-refractivity contribution in [3.8, 4) is 5.75 Å². The fourth-order valence-corrected chi connectivity index (χ4v) is 2.52. The van der Waals surface area contributed by atoms with Gasteiger partial charge in [0, 0.05) is 31.1 Å². The molecule has 0 unspecified atom stereocenters. The van der Waals surface area contributed by atoms with Gasteiger partial charge < -0.3 is 15.4 Å². The van der Waals surface area contributed by atoms with Crippen LogP contribution < -0.4 is 10.5 Å². The number of nitrogens with two attached hydrogens (primary N) is 1. The minimum absolute atomic E-state index is 0.110. The van der Waals surface area contributed by atoms with Gasteiger partial charge in [-0.25, -0.2) is 0 Å². The Morgan fingerprint density at radius 2 is 2.10 bits per heavy atom. The number of amides is 1. The number of rotatable bonds is 6. The van der Waals surface area contributed by atoms with E-state index in [1.807, 2.05) is 38.2 Å². The molecule has 1 saturated carbocycles. The summed E-state index contributed by atoms with van der Waals surface area (Å²) in [5, 5.41) is 0. The summed E-state index contributed by atoms with van der Waals surface area (Å²) < 4.78 is 5.59. The summed E-state index contributed by atoms with van der Waals surface area (Å²) >= 11 is 0. The molecule has 0 spiro atoms. The molecule has 2 N–H and O–H groups in total. The van der Waals surface area contributed by atoms with Crippen molar-refractivity contribution >= 4 is 5.91 Å². The molecule has 0 heterocycles. The maximum absolute atomic E-state index is 12.2. The number of ether oxygens (including phenoxy) is 1. The Balaban J connectivity index is 1.96. The van der Waals surface area contributed by atoms with Gasteiger partial charge in [0.1, 0.15) is 5.75 Å². The normalized spacial score (nSPS) is 16.4. The Labute approximate surface area is 120 Å². The Bertz CT molecular complexity index is 469. The summed E-state index contributed by atoms with van der Waals surface area (Å²) in [6.45, 7) is 3.14.